The van der Waals surface area contributed by atoms with Crippen LogP contribution in [0.4, 0.5) is 0 Å². The monoisotopic (exact) mass is 362 g/mol. The lowest BCUT2D eigenvalue weighted by atomic mass is 9.54. The first kappa shape index (κ1) is 18.4. The summed E-state index contributed by atoms with van der Waals surface area (Å²) in [5.41, 5.74) is 0.0855. The summed E-state index contributed by atoms with van der Waals surface area (Å²) in [7, 11) is 1.60. The highest BCUT2D eigenvalue weighted by molar-refractivity contribution is 5.91. The van der Waals surface area contributed by atoms with Crippen molar-refractivity contribution in [2.24, 2.45) is 11.3 Å². The Bertz CT molecular complexity index is 695. The van der Waals surface area contributed by atoms with Crippen LogP contribution in [0.15, 0.2) is 23.8 Å². The van der Waals surface area contributed by atoms with Crippen LogP contribution in [0.1, 0.15) is 59.3 Å². The largest absolute Gasteiger partial charge is 0.363 e. The van der Waals surface area contributed by atoms with Crippen molar-refractivity contribution in [1.29, 1.82) is 0 Å². The van der Waals surface area contributed by atoms with Crippen molar-refractivity contribution in [2.75, 3.05) is 7.11 Å². The average Bonchev–Trinajstić information content (AvgIpc) is 3.19. The number of ether oxygens (including phenoxy) is 3. The van der Waals surface area contributed by atoms with Gasteiger partial charge in [-0.25, -0.2) is 0 Å². The molecule has 1 saturated carbocycles. The fourth-order valence-electron chi connectivity index (χ4n) is 6.17. The quantitative estimate of drug-likeness (QED) is 0.573. The lowest BCUT2D eigenvalue weighted by molar-refractivity contribution is -0.312. The molecule has 0 aromatic rings. The van der Waals surface area contributed by atoms with Crippen LogP contribution in [0, 0.1) is 11.3 Å². The molecule has 5 unspecified atom stereocenters. The highest BCUT2D eigenvalue weighted by Gasteiger charge is 2.93. The molecule has 2 heterocycles. The fraction of sp³-hybridized carbons (Fsp3) is 0.762. The van der Waals surface area contributed by atoms with Gasteiger partial charge in [-0.3, -0.25) is 4.79 Å². The van der Waals surface area contributed by atoms with Crippen LogP contribution in [0.2, 0.25) is 0 Å². The first-order valence-corrected chi connectivity index (χ1v) is 9.62. The normalized spacial score (nSPS) is 47.5. The van der Waals surface area contributed by atoms with Crippen molar-refractivity contribution in [3.63, 3.8) is 0 Å². The Hall–Kier alpha value is -1.01. The number of methoxy groups -OCH3 is 1. The zero-order valence-electron chi connectivity index (χ0n) is 16.3. The number of carbonyl (C=O) groups excluding carboxylic acids is 1. The summed E-state index contributed by atoms with van der Waals surface area (Å²) in [6.45, 7) is 10.3. The van der Waals surface area contributed by atoms with Gasteiger partial charge >= 0.3 is 0 Å². The third-order valence-corrected chi connectivity index (χ3v) is 7.33. The molecule has 3 fully saturated rings. The highest BCUT2D eigenvalue weighted by Crippen LogP contribution is 2.77. The summed E-state index contributed by atoms with van der Waals surface area (Å²) in [6, 6.07) is 0. The number of epoxide rings is 1. The van der Waals surface area contributed by atoms with Gasteiger partial charge in [0.1, 0.15) is 0 Å². The number of carbonyl (C=O) groups is 1. The Morgan fingerprint density at radius 1 is 1.35 bits per heavy atom. The second-order valence-corrected chi connectivity index (χ2v) is 9.20. The second-order valence-electron chi connectivity index (χ2n) is 9.20. The van der Waals surface area contributed by atoms with Gasteiger partial charge in [-0.15, -0.1) is 0 Å². The minimum atomic E-state index is -1.49. The zero-order valence-corrected chi connectivity index (χ0v) is 16.3. The third-order valence-electron chi connectivity index (χ3n) is 7.33. The van der Waals surface area contributed by atoms with E-state index in [1.165, 1.54) is 0 Å². The van der Waals surface area contributed by atoms with Crippen molar-refractivity contribution in [3.05, 3.63) is 23.8 Å². The Labute approximate surface area is 155 Å². The molecule has 2 aliphatic heterocycles. The predicted octanol–water partition coefficient (Wildman–Crippen LogP) is 3.27. The van der Waals surface area contributed by atoms with Crippen molar-refractivity contribution >= 4 is 5.78 Å². The number of fused-ring (bicyclic) bond motifs is 1. The van der Waals surface area contributed by atoms with Gasteiger partial charge in [0.15, 0.2) is 23.3 Å². The van der Waals surface area contributed by atoms with Crippen LogP contribution in [0.25, 0.3) is 0 Å². The van der Waals surface area contributed by atoms with E-state index in [9.17, 15) is 9.90 Å². The molecule has 4 aliphatic rings. The molecule has 0 aromatic carbocycles. The van der Waals surface area contributed by atoms with E-state index in [-0.39, 0.29) is 17.6 Å². The Morgan fingerprint density at radius 2 is 2.08 bits per heavy atom. The molecule has 144 valence electrons. The summed E-state index contributed by atoms with van der Waals surface area (Å²) < 4.78 is 18.1. The van der Waals surface area contributed by atoms with Gasteiger partial charge in [-0.1, -0.05) is 31.6 Å². The van der Waals surface area contributed by atoms with Crippen molar-refractivity contribution in [3.8, 4) is 0 Å². The number of rotatable bonds is 1. The van der Waals surface area contributed by atoms with Gasteiger partial charge in [-0.05, 0) is 44.6 Å². The molecular weight excluding hydrogens is 332 g/mol. The maximum atomic E-state index is 12.3. The van der Waals surface area contributed by atoms with Crippen LogP contribution < -0.4 is 0 Å². The fourth-order valence-corrected chi connectivity index (χ4v) is 6.17. The molecule has 2 bridgehead atoms. The van der Waals surface area contributed by atoms with Crippen molar-refractivity contribution < 1.29 is 24.1 Å². The second kappa shape index (κ2) is 5.51. The standard InChI is InChI=1S/C21H30O5/c1-13-6-7-15-8-9-19-17(24-5)25-20(23,12-14(2)11-16(22)10-13)21(19,26-19)18(15,3)4/h11,15,17,23H,1,6-10,12H2,2-5H3. The molecule has 5 heteroatoms. The van der Waals surface area contributed by atoms with Gasteiger partial charge in [0.2, 0.25) is 5.79 Å². The molecule has 2 saturated heterocycles. The number of hydrogen-bond donors (Lipinski definition) is 1. The molecule has 0 amide bonds. The molecule has 4 rings (SSSR count). The molecule has 1 N–H and O–H groups in total. The van der Waals surface area contributed by atoms with Crippen molar-refractivity contribution in [2.45, 2.75) is 82.6 Å². The van der Waals surface area contributed by atoms with E-state index in [0.717, 1.165) is 36.8 Å². The molecule has 5 nitrogen and oxygen atoms in total. The van der Waals surface area contributed by atoms with Crippen LogP contribution in [0.3, 0.4) is 0 Å². The minimum Gasteiger partial charge on any atom is -0.363 e. The summed E-state index contributed by atoms with van der Waals surface area (Å²) in [5, 5.41) is 11.7. The molecule has 26 heavy (non-hydrogen) atoms. The van der Waals surface area contributed by atoms with E-state index >= 15 is 0 Å². The molecule has 0 aromatic heterocycles. The Balaban J connectivity index is 1.82. The zero-order chi connectivity index (χ0) is 19.0. The molecular formula is C21H30O5. The van der Waals surface area contributed by atoms with Crippen molar-refractivity contribution in [1.82, 2.24) is 0 Å². The van der Waals surface area contributed by atoms with E-state index in [4.69, 9.17) is 14.2 Å². The van der Waals surface area contributed by atoms with E-state index < -0.39 is 23.3 Å². The van der Waals surface area contributed by atoms with Crippen LogP contribution >= 0.6 is 0 Å². The molecule has 5 atom stereocenters. The summed E-state index contributed by atoms with van der Waals surface area (Å²) in [4.78, 5) is 12.3. The van der Waals surface area contributed by atoms with E-state index in [1.807, 2.05) is 6.92 Å². The predicted molar refractivity (Wildman–Crippen MR) is 96.3 cm³/mol. The number of ketones is 1. The highest BCUT2D eigenvalue weighted by atomic mass is 16.8. The Morgan fingerprint density at radius 3 is 2.77 bits per heavy atom. The topological polar surface area (TPSA) is 68.3 Å². The smallest absolute Gasteiger partial charge is 0.205 e. The third kappa shape index (κ3) is 2.09. The maximum Gasteiger partial charge on any atom is 0.205 e. The lowest BCUT2D eigenvalue weighted by Crippen LogP contribution is -2.59. The van der Waals surface area contributed by atoms with Gasteiger partial charge in [0, 0.05) is 25.4 Å². The van der Waals surface area contributed by atoms with Gasteiger partial charge in [0.25, 0.3) is 0 Å². The van der Waals surface area contributed by atoms with E-state index in [2.05, 4.69) is 20.4 Å². The first-order chi connectivity index (χ1) is 12.1. The van der Waals surface area contributed by atoms with Gasteiger partial charge in [0.05, 0.1) is 0 Å². The van der Waals surface area contributed by atoms with E-state index in [0.29, 0.717) is 12.3 Å². The number of allylic oxidation sites excluding steroid dienone is 2. The SMILES string of the molecule is C=C1CCC2CCC34OC3(C(O)(CC(C)=CC(=O)C1)OC4OC)C2(C)C. The van der Waals surface area contributed by atoms with Crippen LogP contribution in [0.5, 0.6) is 0 Å². The minimum absolute atomic E-state index is 0.0304. The first-order valence-electron chi connectivity index (χ1n) is 9.62. The summed E-state index contributed by atoms with van der Waals surface area (Å²) in [5.74, 6) is -1.10. The molecule has 1 spiro atoms. The average molecular weight is 362 g/mol. The Kier molecular flexibility index (Phi) is 3.89. The van der Waals surface area contributed by atoms with Gasteiger partial charge < -0.3 is 19.3 Å². The number of hydrogen-bond acceptors (Lipinski definition) is 5. The van der Waals surface area contributed by atoms with Gasteiger partial charge in [-0.2, -0.15) is 0 Å². The number of aliphatic hydroxyl groups is 1. The molecule has 2 aliphatic carbocycles. The van der Waals surface area contributed by atoms with Crippen LogP contribution in [-0.2, 0) is 19.0 Å². The van der Waals surface area contributed by atoms with E-state index in [1.54, 1.807) is 13.2 Å². The summed E-state index contributed by atoms with van der Waals surface area (Å²) in [6.07, 6.45) is 5.21. The maximum absolute atomic E-state index is 12.3. The summed E-state index contributed by atoms with van der Waals surface area (Å²) >= 11 is 0. The van der Waals surface area contributed by atoms with Crippen LogP contribution in [-0.4, -0.2) is 41.3 Å². The lowest BCUT2D eigenvalue weighted by Gasteiger charge is -2.47. The molecule has 0 radical (unpaired) electrons.